The Morgan fingerprint density at radius 2 is 1.84 bits per heavy atom. The van der Waals surface area contributed by atoms with E-state index in [1.165, 1.54) is 0 Å². The van der Waals surface area contributed by atoms with Crippen LogP contribution < -0.4 is 19.7 Å². The molecule has 2 heterocycles. The van der Waals surface area contributed by atoms with E-state index in [2.05, 4.69) is 24.1 Å². The zero-order valence-corrected chi connectivity index (χ0v) is 22.0. The van der Waals surface area contributed by atoms with E-state index in [0.717, 1.165) is 29.1 Å². The van der Waals surface area contributed by atoms with Crippen LogP contribution in [0.3, 0.4) is 0 Å². The number of morpholine rings is 1. The van der Waals surface area contributed by atoms with Gasteiger partial charge in [0.2, 0.25) is 5.91 Å². The van der Waals surface area contributed by atoms with Crippen molar-refractivity contribution >= 4 is 23.1 Å². The third-order valence-corrected chi connectivity index (χ3v) is 7.41. The number of nitrogens with one attached hydrogen (secondary N) is 1. The molecule has 2 aromatic carbocycles. The molecule has 3 aliphatic rings. The van der Waals surface area contributed by atoms with Gasteiger partial charge in [-0.3, -0.25) is 9.59 Å². The Labute approximate surface area is 218 Å². The fraction of sp³-hybridized carbons (Fsp3) is 0.448. The van der Waals surface area contributed by atoms with Gasteiger partial charge in [0.25, 0.3) is 0 Å². The first-order chi connectivity index (χ1) is 17.8. The Morgan fingerprint density at radius 3 is 2.57 bits per heavy atom. The van der Waals surface area contributed by atoms with Crippen LogP contribution >= 0.6 is 0 Å². The average molecular weight is 506 g/mol. The summed E-state index contributed by atoms with van der Waals surface area (Å²) in [5.74, 6) is 1.35. The van der Waals surface area contributed by atoms with E-state index in [4.69, 9.17) is 14.2 Å². The molecule has 1 saturated heterocycles. The molecular formula is C29H35N3O5. The van der Waals surface area contributed by atoms with E-state index in [9.17, 15) is 9.59 Å². The van der Waals surface area contributed by atoms with E-state index in [0.29, 0.717) is 49.8 Å². The lowest BCUT2D eigenvalue weighted by Gasteiger charge is -2.39. The van der Waals surface area contributed by atoms with Crippen molar-refractivity contribution < 1.29 is 23.8 Å². The third-order valence-electron chi connectivity index (χ3n) is 7.41. The van der Waals surface area contributed by atoms with Gasteiger partial charge >= 0.3 is 0 Å². The van der Waals surface area contributed by atoms with Gasteiger partial charge in [-0.25, -0.2) is 0 Å². The summed E-state index contributed by atoms with van der Waals surface area (Å²) < 4.78 is 16.7. The van der Waals surface area contributed by atoms with Crippen molar-refractivity contribution in [2.45, 2.75) is 32.7 Å². The standard InChI is InChI=1S/C29H35N3O5/c1-29(2)16-22-27(24(33)17-29)28(20-10-9-19(35-3)15-25(20)36-4)32(23-8-6-5-7-21(23)30-22)18-26(34)31-11-13-37-14-12-31/h5-10,15,28,30H,11-14,16-18H2,1-4H3. The lowest BCUT2D eigenvalue weighted by Crippen LogP contribution is -2.47. The molecule has 5 rings (SSSR count). The number of nitrogens with zero attached hydrogens (tertiary/aromatic N) is 2. The monoisotopic (exact) mass is 505 g/mol. The highest BCUT2D eigenvalue weighted by Gasteiger charge is 2.43. The highest BCUT2D eigenvalue weighted by molar-refractivity contribution is 6.02. The first-order valence-electron chi connectivity index (χ1n) is 12.8. The summed E-state index contributed by atoms with van der Waals surface area (Å²) in [6.07, 6.45) is 1.16. The summed E-state index contributed by atoms with van der Waals surface area (Å²) in [6.45, 7) is 6.54. The van der Waals surface area contributed by atoms with E-state index in [1.54, 1.807) is 14.2 Å². The molecule has 0 aromatic heterocycles. The minimum Gasteiger partial charge on any atom is -0.497 e. The number of carbonyl (C=O) groups excluding carboxylic acids is 2. The van der Waals surface area contributed by atoms with Crippen molar-refractivity contribution in [2.24, 2.45) is 5.41 Å². The van der Waals surface area contributed by atoms with E-state index < -0.39 is 6.04 Å². The summed E-state index contributed by atoms with van der Waals surface area (Å²) in [5.41, 5.74) is 3.98. The first-order valence-corrected chi connectivity index (χ1v) is 12.8. The minimum atomic E-state index is -0.513. The first kappa shape index (κ1) is 25.1. The Hall–Kier alpha value is -3.52. The van der Waals surface area contributed by atoms with Gasteiger partial charge in [-0.15, -0.1) is 0 Å². The predicted molar refractivity (Wildman–Crippen MR) is 142 cm³/mol. The number of hydrogen-bond donors (Lipinski definition) is 1. The number of Topliss-reactive ketones (excluding diaryl/α,β-unsaturated/α-hetero) is 1. The SMILES string of the molecule is COc1ccc(C2C3=C(CC(C)(C)CC3=O)Nc3ccccc3N2CC(=O)N2CCOCC2)c(OC)c1. The van der Waals surface area contributed by atoms with Crippen molar-refractivity contribution in [3.8, 4) is 11.5 Å². The highest BCUT2D eigenvalue weighted by Crippen LogP contribution is 2.50. The molecule has 0 spiro atoms. The molecule has 8 heteroatoms. The topological polar surface area (TPSA) is 80.3 Å². The number of allylic oxidation sites excluding steroid dienone is 1. The Morgan fingerprint density at radius 1 is 1.08 bits per heavy atom. The molecule has 2 aromatic rings. The number of amides is 1. The fourth-order valence-electron chi connectivity index (χ4n) is 5.65. The molecule has 1 amide bonds. The summed E-state index contributed by atoms with van der Waals surface area (Å²) in [6, 6.07) is 13.1. The third kappa shape index (κ3) is 4.90. The molecule has 0 bridgehead atoms. The summed E-state index contributed by atoms with van der Waals surface area (Å²) >= 11 is 0. The molecular weight excluding hydrogens is 470 g/mol. The molecule has 196 valence electrons. The number of anilines is 2. The largest absolute Gasteiger partial charge is 0.497 e. The number of para-hydroxylation sites is 2. The van der Waals surface area contributed by atoms with Crippen LogP contribution in [0.2, 0.25) is 0 Å². The van der Waals surface area contributed by atoms with Crippen LogP contribution in [0.5, 0.6) is 11.5 Å². The second kappa shape index (κ2) is 10.1. The van der Waals surface area contributed by atoms with Gasteiger partial charge in [0.05, 0.1) is 51.4 Å². The molecule has 1 unspecified atom stereocenters. The van der Waals surface area contributed by atoms with Crippen molar-refractivity contribution in [2.75, 3.05) is 57.3 Å². The molecule has 2 aliphatic heterocycles. The van der Waals surface area contributed by atoms with Crippen molar-refractivity contribution in [1.82, 2.24) is 4.90 Å². The number of hydrogen-bond acceptors (Lipinski definition) is 7. The molecule has 0 radical (unpaired) electrons. The number of carbonyl (C=O) groups is 2. The lowest BCUT2D eigenvalue weighted by molar-refractivity contribution is -0.133. The number of ether oxygens (including phenoxy) is 3. The smallest absolute Gasteiger partial charge is 0.242 e. The number of fused-ring (bicyclic) bond motifs is 1. The van der Waals surface area contributed by atoms with Crippen LogP contribution in [0.25, 0.3) is 0 Å². The second-order valence-electron chi connectivity index (χ2n) is 10.6. The molecule has 1 atom stereocenters. The van der Waals surface area contributed by atoms with Crippen molar-refractivity contribution in [3.63, 3.8) is 0 Å². The van der Waals surface area contributed by atoms with Crippen LogP contribution in [0, 0.1) is 5.41 Å². The van der Waals surface area contributed by atoms with Gasteiger partial charge in [0, 0.05) is 42.4 Å². The van der Waals surface area contributed by atoms with Crippen LogP contribution in [0.4, 0.5) is 11.4 Å². The molecule has 0 saturated carbocycles. The van der Waals surface area contributed by atoms with E-state index in [-0.39, 0.29) is 23.7 Å². The van der Waals surface area contributed by atoms with Crippen LogP contribution in [-0.2, 0) is 14.3 Å². The Kier molecular flexibility index (Phi) is 6.86. The van der Waals surface area contributed by atoms with Gasteiger partial charge in [0.1, 0.15) is 11.5 Å². The number of benzene rings is 2. The fourth-order valence-corrected chi connectivity index (χ4v) is 5.65. The predicted octanol–water partition coefficient (Wildman–Crippen LogP) is 4.18. The number of rotatable bonds is 5. The quantitative estimate of drug-likeness (QED) is 0.653. The Balaban J connectivity index is 1.70. The molecule has 8 nitrogen and oxygen atoms in total. The van der Waals surface area contributed by atoms with Crippen molar-refractivity contribution in [1.29, 1.82) is 0 Å². The molecule has 37 heavy (non-hydrogen) atoms. The molecule has 1 aliphatic carbocycles. The molecule has 1 fully saturated rings. The van der Waals surface area contributed by atoms with Gasteiger partial charge in [-0.2, -0.15) is 0 Å². The zero-order chi connectivity index (χ0) is 26.2. The van der Waals surface area contributed by atoms with Crippen LogP contribution in [-0.4, -0.2) is 63.7 Å². The maximum Gasteiger partial charge on any atom is 0.242 e. The minimum absolute atomic E-state index is 0.00298. The normalized spacial score (nSPS) is 21.0. The van der Waals surface area contributed by atoms with Gasteiger partial charge in [-0.1, -0.05) is 26.0 Å². The summed E-state index contributed by atoms with van der Waals surface area (Å²) in [5, 5.41) is 3.60. The molecule has 1 N–H and O–H groups in total. The summed E-state index contributed by atoms with van der Waals surface area (Å²) in [4.78, 5) is 31.4. The van der Waals surface area contributed by atoms with Crippen molar-refractivity contribution in [3.05, 3.63) is 59.3 Å². The average Bonchev–Trinajstić information content (AvgIpc) is 3.02. The zero-order valence-electron chi connectivity index (χ0n) is 22.0. The van der Waals surface area contributed by atoms with Crippen LogP contribution in [0.1, 0.15) is 38.3 Å². The van der Waals surface area contributed by atoms with E-state index in [1.807, 2.05) is 47.4 Å². The number of ketones is 1. The second-order valence-corrected chi connectivity index (χ2v) is 10.6. The van der Waals surface area contributed by atoms with Crippen LogP contribution in [0.15, 0.2) is 53.7 Å². The maximum atomic E-state index is 13.9. The maximum absolute atomic E-state index is 13.9. The highest BCUT2D eigenvalue weighted by atomic mass is 16.5. The van der Waals surface area contributed by atoms with Gasteiger partial charge in [-0.05, 0) is 36.1 Å². The Bertz CT molecular complexity index is 1230. The number of methoxy groups -OCH3 is 2. The van der Waals surface area contributed by atoms with Gasteiger partial charge < -0.3 is 29.3 Å². The van der Waals surface area contributed by atoms with E-state index >= 15 is 0 Å². The lowest BCUT2D eigenvalue weighted by atomic mass is 9.73. The summed E-state index contributed by atoms with van der Waals surface area (Å²) in [7, 11) is 3.23. The van der Waals surface area contributed by atoms with Gasteiger partial charge in [0.15, 0.2) is 5.78 Å².